The Morgan fingerprint density at radius 3 is 2.70 bits per heavy atom. The number of H-pyrrole nitrogens is 1. The van der Waals surface area contributed by atoms with Crippen molar-refractivity contribution in [1.29, 1.82) is 0 Å². The minimum Gasteiger partial charge on any atom is -0.394 e. The number of rotatable bonds is 3. The van der Waals surface area contributed by atoms with Gasteiger partial charge in [-0.2, -0.15) is 0 Å². The van der Waals surface area contributed by atoms with Crippen LogP contribution in [-0.4, -0.2) is 33.5 Å². The van der Waals surface area contributed by atoms with Crippen LogP contribution < -0.4 is 0 Å². The van der Waals surface area contributed by atoms with Crippen molar-refractivity contribution in [2.45, 2.75) is 19.0 Å². The van der Waals surface area contributed by atoms with E-state index in [0.29, 0.717) is 0 Å². The summed E-state index contributed by atoms with van der Waals surface area (Å²) in [6.07, 6.45) is 1.97. The van der Waals surface area contributed by atoms with Crippen molar-refractivity contribution >= 4 is 16.8 Å². The summed E-state index contributed by atoms with van der Waals surface area (Å²) in [5.41, 5.74) is 3.85. The zero-order valence-electron chi connectivity index (χ0n) is 12.9. The van der Waals surface area contributed by atoms with Crippen molar-refractivity contribution in [2.75, 3.05) is 6.61 Å². The minimum atomic E-state index is -0.242. The molecule has 0 radical (unpaired) electrons. The van der Waals surface area contributed by atoms with Crippen molar-refractivity contribution in [3.63, 3.8) is 0 Å². The summed E-state index contributed by atoms with van der Waals surface area (Å²) in [6, 6.07) is 15.4. The molecule has 1 amide bonds. The first-order valence-electron chi connectivity index (χ1n) is 7.81. The van der Waals surface area contributed by atoms with Gasteiger partial charge in [-0.3, -0.25) is 4.79 Å². The van der Waals surface area contributed by atoms with Gasteiger partial charge in [0, 0.05) is 28.2 Å². The SMILES string of the molecule is C[C@@H](CO)N1C(=O)c2ccccc2[C@@H]1c1c[nH]c2ccccc12. The molecule has 1 aliphatic heterocycles. The average molecular weight is 306 g/mol. The lowest BCUT2D eigenvalue weighted by atomic mass is 9.97. The fourth-order valence-corrected chi connectivity index (χ4v) is 3.52. The lowest BCUT2D eigenvalue weighted by molar-refractivity contribution is 0.0596. The molecular formula is C19H18N2O2. The van der Waals surface area contributed by atoms with Gasteiger partial charge in [0.15, 0.2) is 0 Å². The fourth-order valence-electron chi connectivity index (χ4n) is 3.52. The first-order valence-corrected chi connectivity index (χ1v) is 7.81. The number of aliphatic hydroxyl groups excluding tert-OH is 1. The molecule has 4 nitrogen and oxygen atoms in total. The molecule has 23 heavy (non-hydrogen) atoms. The molecular weight excluding hydrogens is 288 g/mol. The van der Waals surface area contributed by atoms with E-state index in [-0.39, 0.29) is 24.6 Å². The topological polar surface area (TPSA) is 56.3 Å². The van der Waals surface area contributed by atoms with Gasteiger partial charge in [0.25, 0.3) is 5.91 Å². The van der Waals surface area contributed by atoms with Crippen molar-refractivity contribution in [1.82, 2.24) is 9.88 Å². The zero-order chi connectivity index (χ0) is 16.0. The molecule has 0 unspecified atom stereocenters. The van der Waals surface area contributed by atoms with Gasteiger partial charge in [0.1, 0.15) is 0 Å². The number of fused-ring (bicyclic) bond motifs is 2. The molecule has 0 fully saturated rings. The van der Waals surface area contributed by atoms with E-state index in [9.17, 15) is 9.90 Å². The Labute approximate surface area is 134 Å². The fraction of sp³-hybridized carbons (Fsp3) is 0.211. The second kappa shape index (κ2) is 5.25. The van der Waals surface area contributed by atoms with E-state index in [1.807, 2.05) is 55.6 Å². The van der Waals surface area contributed by atoms with Crippen molar-refractivity contribution < 1.29 is 9.90 Å². The van der Waals surface area contributed by atoms with E-state index in [2.05, 4.69) is 11.1 Å². The van der Waals surface area contributed by atoms with Crippen LogP contribution in [0.15, 0.2) is 54.7 Å². The highest BCUT2D eigenvalue weighted by Crippen LogP contribution is 2.42. The number of hydrogen-bond acceptors (Lipinski definition) is 2. The third-order valence-corrected chi connectivity index (χ3v) is 4.65. The first-order chi connectivity index (χ1) is 11.2. The van der Waals surface area contributed by atoms with Gasteiger partial charge in [-0.15, -0.1) is 0 Å². The summed E-state index contributed by atoms with van der Waals surface area (Å²) in [6.45, 7) is 1.82. The lowest BCUT2D eigenvalue weighted by Crippen LogP contribution is -2.39. The Morgan fingerprint density at radius 1 is 1.13 bits per heavy atom. The summed E-state index contributed by atoms with van der Waals surface area (Å²) in [4.78, 5) is 17.9. The second-order valence-corrected chi connectivity index (χ2v) is 6.02. The van der Waals surface area contributed by atoms with Crippen LogP contribution >= 0.6 is 0 Å². The summed E-state index contributed by atoms with van der Waals surface area (Å²) < 4.78 is 0. The number of aromatic amines is 1. The summed E-state index contributed by atoms with van der Waals surface area (Å²) >= 11 is 0. The number of hydrogen-bond donors (Lipinski definition) is 2. The molecule has 2 atom stereocenters. The summed E-state index contributed by atoms with van der Waals surface area (Å²) in [5.74, 6) is -0.0163. The molecule has 1 aliphatic rings. The molecule has 2 aromatic carbocycles. The van der Waals surface area contributed by atoms with E-state index in [1.165, 1.54) is 0 Å². The van der Waals surface area contributed by atoms with Crippen molar-refractivity contribution in [3.05, 3.63) is 71.4 Å². The van der Waals surface area contributed by atoms with Gasteiger partial charge >= 0.3 is 0 Å². The number of carbonyl (C=O) groups is 1. The monoisotopic (exact) mass is 306 g/mol. The van der Waals surface area contributed by atoms with Crippen LogP contribution in [0.5, 0.6) is 0 Å². The highest BCUT2D eigenvalue weighted by atomic mass is 16.3. The highest BCUT2D eigenvalue weighted by molar-refractivity contribution is 6.01. The smallest absolute Gasteiger partial charge is 0.255 e. The van der Waals surface area contributed by atoms with Crippen LogP contribution in [0.2, 0.25) is 0 Å². The first kappa shape index (κ1) is 14.0. The van der Waals surface area contributed by atoms with E-state index < -0.39 is 0 Å². The van der Waals surface area contributed by atoms with Gasteiger partial charge in [0.05, 0.1) is 18.7 Å². The summed E-state index contributed by atoms with van der Waals surface area (Å²) in [5, 5.41) is 10.7. The third-order valence-electron chi connectivity index (χ3n) is 4.65. The molecule has 4 heteroatoms. The predicted octanol–water partition coefficient (Wildman–Crippen LogP) is 3.09. The van der Waals surface area contributed by atoms with E-state index in [1.54, 1.807) is 4.90 Å². The number of aromatic nitrogens is 1. The molecule has 1 aromatic heterocycles. The van der Waals surface area contributed by atoms with Crippen LogP contribution in [0, 0.1) is 0 Å². The Hall–Kier alpha value is -2.59. The minimum absolute atomic E-state index is 0.0163. The molecule has 116 valence electrons. The predicted molar refractivity (Wildman–Crippen MR) is 89.3 cm³/mol. The van der Waals surface area contributed by atoms with E-state index >= 15 is 0 Å². The molecule has 0 bridgehead atoms. The molecule has 0 aliphatic carbocycles. The zero-order valence-corrected chi connectivity index (χ0v) is 12.9. The van der Waals surface area contributed by atoms with Gasteiger partial charge in [-0.1, -0.05) is 36.4 Å². The number of aliphatic hydroxyl groups is 1. The number of amides is 1. The molecule has 3 aromatic rings. The number of carbonyl (C=O) groups excluding carboxylic acids is 1. The molecule has 2 heterocycles. The molecule has 0 saturated carbocycles. The number of nitrogens with one attached hydrogen (secondary N) is 1. The Balaban J connectivity index is 1.95. The van der Waals surface area contributed by atoms with Crippen LogP contribution in [0.25, 0.3) is 10.9 Å². The maximum atomic E-state index is 12.8. The van der Waals surface area contributed by atoms with E-state index in [4.69, 9.17) is 0 Å². The highest BCUT2D eigenvalue weighted by Gasteiger charge is 2.40. The van der Waals surface area contributed by atoms with Gasteiger partial charge < -0.3 is 15.0 Å². The van der Waals surface area contributed by atoms with Crippen LogP contribution in [0.3, 0.4) is 0 Å². The number of benzene rings is 2. The van der Waals surface area contributed by atoms with Gasteiger partial charge in [0.2, 0.25) is 0 Å². The van der Waals surface area contributed by atoms with Gasteiger partial charge in [-0.25, -0.2) is 0 Å². The van der Waals surface area contributed by atoms with Crippen LogP contribution in [0.1, 0.15) is 34.5 Å². The largest absolute Gasteiger partial charge is 0.394 e. The molecule has 0 spiro atoms. The Kier molecular flexibility index (Phi) is 3.20. The normalized spacial score (nSPS) is 18.4. The third kappa shape index (κ3) is 1.99. The molecule has 2 N–H and O–H groups in total. The van der Waals surface area contributed by atoms with Crippen LogP contribution in [-0.2, 0) is 0 Å². The van der Waals surface area contributed by atoms with E-state index in [0.717, 1.165) is 27.6 Å². The maximum absolute atomic E-state index is 12.8. The maximum Gasteiger partial charge on any atom is 0.255 e. The summed E-state index contributed by atoms with van der Waals surface area (Å²) in [7, 11) is 0. The standard InChI is InChI=1S/C19H18N2O2/c1-12(11-22)21-18(14-7-2-3-8-15(14)19(21)23)16-10-20-17-9-5-4-6-13(16)17/h2-10,12,18,20,22H,11H2,1H3/t12-,18+/m0/s1. The molecule has 0 saturated heterocycles. The Morgan fingerprint density at radius 2 is 1.87 bits per heavy atom. The van der Waals surface area contributed by atoms with Gasteiger partial charge in [-0.05, 0) is 24.6 Å². The van der Waals surface area contributed by atoms with Crippen molar-refractivity contribution in [2.24, 2.45) is 0 Å². The lowest BCUT2D eigenvalue weighted by Gasteiger charge is -2.30. The molecule has 4 rings (SSSR count). The Bertz CT molecular complexity index is 884. The van der Waals surface area contributed by atoms with Crippen molar-refractivity contribution in [3.8, 4) is 0 Å². The number of para-hydroxylation sites is 1. The van der Waals surface area contributed by atoms with Crippen LogP contribution in [0.4, 0.5) is 0 Å². The quantitative estimate of drug-likeness (QED) is 0.781. The second-order valence-electron chi connectivity index (χ2n) is 6.02. The average Bonchev–Trinajstić information content (AvgIpc) is 3.14. The number of nitrogens with zero attached hydrogens (tertiary/aromatic N) is 1.